The predicted molar refractivity (Wildman–Crippen MR) is 98.7 cm³/mol. The van der Waals surface area contributed by atoms with E-state index in [0.717, 1.165) is 11.1 Å². The molecule has 0 heterocycles. The number of hydrogen-bond donors (Lipinski definition) is 2. The van der Waals surface area contributed by atoms with E-state index in [2.05, 4.69) is 0 Å². The summed E-state index contributed by atoms with van der Waals surface area (Å²) in [5.41, 5.74) is 4.21. The molecular weight excluding hydrogens is 338 g/mol. The number of nitrogens with one attached hydrogen (secondary N) is 1. The van der Waals surface area contributed by atoms with Crippen LogP contribution >= 0.6 is 11.6 Å². The Balaban J connectivity index is 2.11. The summed E-state index contributed by atoms with van der Waals surface area (Å²) in [4.78, 5) is 24.2. The maximum absolute atomic E-state index is 12.5. The van der Waals surface area contributed by atoms with Crippen LogP contribution in [0.4, 0.5) is 0 Å². The zero-order valence-electron chi connectivity index (χ0n) is 14.3. The molecule has 4 nitrogen and oxygen atoms in total. The lowest BCUT2D eigenvalue weighted by atomic mass is 9.89. The van der Waals surface area contributed by atoms with E-state index in [1.165, 1.54) is 0 Å². The maximum Gasteiger partial charge on any atom is 0.246 e. The van der Waals surface area contributed by atoms with Crippen molar-refractivity contribution in [2.75, 3.05) is 0 Å². The van der Waals surface area contributed by atoms with E-state index < -0.39 is 11.8 Å². The zero-order chi connectivity index (χ0) is 18.4. The second-order valence-electron chi connectivity index (χ2n) is 6.51. The third-order valence-corrected chi connectivity index (χ3v) is 4.31. The van der Waals surface area contributed by atoms with Gasteiger partial charge in [-0.3, -0.25) is 14.8 Å². The fraction of sp³-hybridized carbons (Fsp3) is 0.300. The number of benzene rings is 2. The van der Waals surface area contributed by atoms with Crippen LogP contribution in [-0.2, 0) is 4.79 Å². The van der Waals surface area contributed by atoms with Crippen molar-refractivity contribution in [3.63, 3.8) is 0 Å². The van der Waals surface area contributed by atoms with Crippen LogP contribution in [0.25, 0.3) is 11.1 Å². The van der Waals surface area contributed by atoms with E-state index in [-0.39, 0.29) is 18.1 Å². The standard InChI is InChI=1S/C20H22ClNO3/c1-13(2)11-17(20(24)22-25)12-19(23)16-5-3-14(4-6-16)15-7-9-18(21)10-8-15/h3-10,13,17,25H,11-12H2,1-2H3,(H,22,24). The van der Waals surface area contributed by atoms with Crippen LogP contribution in [0.3, 0.4) is 0 Å². The molecule has 1 amide bonds. The average molecular weight is 360 g/mol. The summed E-state index contributed by atoms with van der Waals surface area (Å²) in [7, 11) is 0. The molecule has 0 radical (unpaired) electrons. The fourth-order valence-corrected chi connectivity index (χ4v) is 2.90. The Labute approximate surface area is 152 Å². The molecule has 0 saturated heterocycles. The van der Waals surface area contributed by atoms with Crippen LogP contribution < -0.4 is 5.48 Å². The molecule has 0 spiro atoms. The molecule has 0 saturated carbocycles. The summed E-state index contributed by atoms with van der Waals surface area (Å²) in [5, 5.41) is 9.54. The van der Waals surface area contributed by atoms with Gasteiger partial charge in [-0.15, -0.1) is 0 Å². The Bertz CT molecular complexity index is 724. The molecule has 1 unspecified atom stereocenters. The van der Waals surface area contributed by atoms with Crippen LogP contribution in [0.2, 0.25) is 5.02 Å². The van der Waals surface area contributed by atoms with Gasteiger partial charge in [-0.2, -0.15) is 0 Å². The lowest BCUT2D eigenvalue weighted by Gasteiger charge is -2.16. The maximum atomic E-state index is 12.5. The van der Waals surface area contributed by atoms with Gasteiger partial charge in [0.2, 0.25) is 5.91 Å². The van der Waals surface area contributed by atoms with E-state index in [0.29, 0.717) is 17.0 Å². The molecule has 0 fully saturated rings. The van der Waals surface area contributed by atoms with Crippen molar-refractivity contribution >= 4 is 23.3 Å². The lowest BCUT2D eigenvalue weighted by Crippen LogP contribution is -2.30. The lowest BCUT2D eigenvalue weighted by molar-refractivity contribution is -0.133. The topological polar surface area (TPSA) is 66.4 Å². The summed E-state index contributed by atoms with van der Waals surface area (Å²) in [6.45, 7) is 3.95. The van der Waals surface area contributed by atoms with Crippen LogP contribution in [-0.4, -0.2) is 16.9 Å². The van der Waals surface area contributed by atoms with Crippen LogP contribution in [0.1, 0.15) is 37.0 Å². The van der Waals surface area contributed by atoms with Crippen molar-refractivity contribution in [2.45, 2.75) is 26.7 Å². The highest BCUT2D eigenvalue weighted by Gasteiger charge is 2.23. The number of rotatable bonds is 7. The predicted octanol–water partition coefficient (Wildman–Crippen LogP) is 4.75. The molecular formula is C20H22ClNO3. The number of halogens is 1. The molecule has 2 aromatic carbocycles. The number of amides is 1. The summed E-state index contributed by atoms with van der Waals surface area (Å²) in [6.07, 6.45) is 0.617. The number of ketones is 1. The number of Topliss-reactive ketones (excluding diaryl/α,β-unsaturated/α-hetero) is 1. The van der Waals surface area contributed by atoms with Crippen molar-refractivity contribution in [3.8, 4) is 11.1 Å². The molecule has 25 heavy (non-hydrogen) atoms. The molecule has 0 aromatic heterocycles. The molecule has 0 aliphatic carbocycles. The van der Waals surface area contributed by atoms with E-state index in [9.17, 15) is 9.59 Å². The van der Waals surface area contributed by atoms with Crippen molar-refractivity contribution in [1.82, 2.24) is 5.48 Å². The van der Waals surface area contributed by atoms with Crippen molar-refractivity contribution in [2.24, 2.45) is 11.8 Å². The molecule has 5 heteroatoms. The highest BCUT2D eigenvalue weighted by Crippen LogP contribution is 2.23. The SMILES string of the molecule is CC(C)CC(CC(=O)c1ccc(-c2ccc(Cl)cc2)cc1)C(=O)NO. The molecule has 2 rings (SSSR count). The van der Waals surface area contributed by atoms with Gasteiger partial charge in [0.1, 0.15) is 0 Å². The number of carbonyl (C=O) groups is 2. The minimum atomic E-state index is -0.534. The first kappa shape index (κ1) is 19.2. The van der Waals surface area contributed by atoms with Gasteiger partial charge < -0.3 is 0 Å². The quantitative estimate of drug-likeness (QED) is 0.426. The average Bonchev–Trinajstić information content (AvgIpc) is 2.61. The molecule has 0 bridgehead atoms. The molecule has 0 aliphatic heterocycles. The molecule has 132 valence electrons. The summed E-state index contributed by atoms with van der Waals surface area (Å²) in [6, 6.07) is 14.7. The number of carbonyl (C=O) groups excluding carboxylic acids is 2. The van der Waals surface area contributed by atoms with Crippen LogP contribution in [0.5, 0.6) is 0 Å². The minimum absolute atomic E-state index is 0.0743. The largest absolute Gasteiger partial charge is 0.294 e. The zero-order valence-corrected chi connectivity index (χ0v) is 15.1. The highest BCUT2D eigenvalue weighted by atomic mass is 35.5. The van der Waals surface area contributed by atoms with Gasteiger partial charge in [0.25, 0.3) is 0 Å². The number of hydrogen-bond acceptors (Lipinski definition) is 3. The smallest absolute Gasteiger partial charge is 0.246 e. The Kier molecular flexibility index (Phi) is 6.73. The third-order valence-electron chi connectivity index (χ3n) is 4.05. The minimum Gasteiger partial charge on any atom is -0.294 e. The van der Waals surface area contributed by atoms with E-state index in [1.807, 2.05) is 50.2 Å². The van der Waals surface area contributed by atoms with Crippen LogP contribution in [0.15, 0.2) is 48.5 Å². The Morgan fingerprint density at radius 1 is 1.00 bits per heavy atom. The van der Waals surface area contributed by atoms with E-state index in [1.54, 1.807) is 17.6 Å². The Morgan fingerprint density at radius 2 is 1.52 bits per heavy atom. The van der Waals surface area contributed by atoms with Gasteiger partial charge in [0.15, 0.2) is 5.78 Å². The van der Waals surface area contributed by atoms with Crippen molar-refractivity contribution in [3.05, 3.63) is 59.1 Å². The van der Waals surface area contributed by atoms with Gasteiger partial charge in [-0.25, -0.2) is 5.48 Å². The second-order valence-corrected chi connectivity index (χ2v) is 6.95. The molecule has 0 aliphatic rings. The Morgan fingerprint density at radius 3 is 2.00 bits per heavy atom. The third kappa shape index (κ3) is 5.41. The van der Waals surface area contributed by atoms with E-state index >= 15 is 0 Å². The molecule has 2 aromatic rings. The first-order valence-corrected chi connectivity index (χ1v) is 8.61. The second kappa shape index (κ2) is 8.79. The number of hydroxylamine groups is 1. The van der Waals surface area contributed by atoms with Crippen molar-refractivity contribution in [1.29, 1.82) is 0 Å². The summed E-state index contributed by atoms with van der Waals surface area (Å²) < 4.78 is 0. The van der Waals surface area contributed by atoms with Gasteiger partial charge in [0.05, 0.1) is 0 Å². The molecule has 1 atom stereocenters. The highest BCUT2D eigenvalue weighted by molar-refractivity contribution is 6.30. The first-order valence-electron chi connectivity index (χ1n) is 8.24. The summed E-state index contributed by atoms with van der Waals surface area (Å²) in [5.74, 6) is -0.910. The Hall–Kier alpha value is -2.17. The van der Waals surface area contributed by atoms with Gasteiger partial charge in [-0.05, 0) is 35.6 Å². The normalized spacial score (nSPS) is 12.0. The van der Waals surface area contributed by atoms with Gasteiger partial charge in [0, 0.05) is 22.9 Å². The summed E-state index contributed by atoms with van der Waals surface area (Å²) >= 11 is 5.89. The van der Waals surface area contributed by atoms with Crippen LogP contribution in [0, 0.1) is 11.8 Å². The first-order chi connectivity index (χ1) is 11.9. The molecule has 2 N–H and O–H groups in total. The fourth-order valence-electron chi connectivity index (χ4n) is 2.78. The van der Waals surface area contributed by atoms with Gasteiger partial charge in [-0.1, -0.05) is 61.8 Å². The van der Waals surface area contributed by atoms with E-state index in [4.69, 9.17) is 16.8 Å². The van der Waals surface area contributed by atoms with Crippen molar-refractivity contribution < 1.29 is 14.8 Å². The van der Waals surface area contributed by atoms with Gasteiger partial charge >= 0.3 is 0 Å². The monoisotopic (exact) mass is 359 g/mol.